The van der Waals surface area contributed by atoms with E-state index < -0.39 is 11.7 Å². The van der Waals surface area contributed by atoms with E-state index in [0.717, 1.165) is 60.5 Å². The molecular weight excluding hydrogens is 461 g/mol. The molecule has 1 aromatic carbocycles. The molecule has 5 nitrogen and oxygen atoms in total. The molecule has 0 aliphatic heterocycles. The first-order valence-corrected chi connectivity index (χ1v) is 12.0. The summed E-state index contributed by atoms with van der Waals surface area (Å²) in [5.74, 6) is 0. The number of alkyl halides is 3. The average molecular weight is 485 g/mol. The summed E-state index contributed by atoms with van der Waals surface area (Å²) in [7, 11) is 0. The molecule has 0 radical (unpaired) electrons. The van der Waals surface area contributed by atoms with Gasteiger partial charge in [-0.2, -0.15) is 13.2 Å². The lowest BCUT2D eigenvalue weighted by molar-refractivity contribution is -0.137. The maximum Gasteiger partial charge on any atom is 0.416 e. The van der Waals surface area contributed by atoms with Crippen molar-refractivity contribution < 1.29 is 13.2 Å². The Kier molecular flexibility index (Phi) is 6.22. The second-order valence-electron chi connectivity index (χ2n) is 8.52. The average Bonchev–Trinajstić information content (AvgIpc) is 3.20. The van der Waals surface area contributed by atoms with E-state index in [1.807, 2.05) is 18.2 Å². The Hall–Kier alpha value is -3.04. The Morgan fingerprint density at radius 3 is 2.82 bits per heavy atom. The number of fused-ring (bicyclic) bond motifs is 3. The fourth-order valence-electron chi connectivity index (χ4n) is 4.48. The number of hydrogen-bond donors (Lipinski definition) is 1. The van der Waals surface area contributed by atoms with Crippen LogP contribution in [0.15, 0.2) is 59.8 Å². The van der Waals surface area contributed by atoms with Crippen molar-refractivity contribution >= 4 is 21.6 Å². The van der Waals surface area contributed by atoms with Crippen LogP contribution in [-0.4, -0.2) is 27.1 Å². The van der Waals surface area contributed by atoms with Gasteiger partial charge in [0, 0.05) is 35.8 Å². The van der Waals surface area contributed by atoms with E-state index in [9.17, 15) is 18.0 Å². The van der Waals surface area contributed by atoms with Crippen LogP contribution in [0.3, 0.4) is 0 Å². The molecule has 0 fully saturated rings. The molecule has 176 valence electrons. The number of nitrogens with zero attached hydrogens (tertiary/aromatic N) is 3. The predicted molar refractivity (Wildman–Crippen MR) is 126 cm³/mol. The van der Waals surface area contributed by atoms with E-state index in [1.165, 1.54) is 17.0 Å². The highest BCUT2D eigenvalue weighted by atomic mass is 32.1. The van der Waals surface area contributed by atoms with Gasteiger partial charge in [0.1, 0.15) is 4.83 Å². The Labute approximate surface area is 198 Å². The molecule has 1 unspecified atom stereocenters. The topological polar surface area (TPSA) is 59.8 Å². The normalized spacial score (nSPS) is 16.0. The van der Waals surface area contributed by atoms with Crippen molar-refractivity contribution in [2.75, 3.05) is 6.54 Å². The minimum Gasteiger partial charge on any atom is -0.313 e. The molecule has 3 aromatic heterocycles. The lowest BCUT2D eigenvalue weighted by Gasteiger charge is -2.23. The summed E-state index contributed by atoms with van der Waals surface area (Å²) in [5.41, 5.74) is 1.60. The smallest absolute Gasteiger partial charge is 0.313 e. The van der Waals surface area contributed by atoms with Crippen LogP contribution < -0.4 is 10.9 Å². The Morgan fingerprint density at radius 1 is 1.15 bits per heavy atom. The van der Waals surface area contributed by atoms with Crippen LogP contribution in [0.1, 0.15) is 33.7 Å². The molecule has 0 spiro atoms. The van der Waals surface area contributed by atoms with Crippen LogP contribution in [0, 0.1) is 0 Å². The van der Waals surface area contributed by atoms with Crippen molar-refractivity contribution in [1.29, 1.82) is 0 Å². The van der Waals surface area contributed by atoms with Crippen molar-refractivity contribution in [1.82, 2.24) is 19.9 Å². The van der Waals surface area contributed by atoms with E-state index in [-0.39, 0.29) is 12.1 Å². The summed E-state index contributed by atoms with van der Waals surface area (Å²) in [4.78, 5) is 23.9. The summed E-state index contributed by atoms with van der Waals surface area (Å²) in [6.45, 7) is 0.887. The first-order valence-electron chi connectivity index (χ1n) is 11.2. The monoisotopic (exact) mass is 484 g/mol. The van der Waals surface area contributed by atoms with Crippen LogP contribution in [-0.2, 0) is 32.0 Å². The Bertz CT molecular complexity index is 1360. The van der Waals surface area contributed by atoms with Crippen molar-refractivity contribution in [2.24, 2.45) is 0 Å². The highest BCUT2D eigenvalue weighted by Gasteiger charge is 2.30. The largest absolute Gasteiger partial charge is 0.416 e. The molecule has 9 heteroatoms. The summed E-state index contributed by atoms with van der Waals surface area (Å²) in [5, 5.41) is 4.21. The summed E-state index contributed by atoms with van der Waals surface area (Å²) in [6, 6.07) is 11.3. The van der Waals surface area contributed by atoms with Crippen molar-refractivity contribution in [2.45, 2.75) is 44.4 Å². The number of aryl methyl sites for hydroxylation is 1. The maximum atomic E-state index is 13.2. The van der Waals surface area contributed by atoms with Gasteiger partial charge >= 0.3 is 6.18 Å². The number of pyridine rings is 1. The zero-order valence-corrected chi connectivity index (χ0v) is 19.1. The van der Waals surface area contributed by atoms with Gasteiger partial charge in [0.2, 0.25) is 0 Å². The minimum absolute atomic E-state index is 0.0496. The first-order chi connectivity index (χ1) is 16.4. The van der Waals surface area contributed by atoms with Gasteiger partial charge in [-0.3, -0.25) is 14.3 Å². The van der Waals surface area contributed by atoms with Crippen molar-refractivity contribution in [3.63, 3.8) is 0 Å². The molecule has 1 aliphatic carbocycles. The number of rotatable bonds is 6. The molecule has 1 N–H and O–H groups in total. The molecule has 34 heavy (non-hydrogen) atoms. The van der Waals surface area contributed by atoms with Gasteiger partial charge in [-0.1, -0.05) is 18.2 Å². The van der Waals surface area contributed by atoms with Gasteiger partial charge in [-0.25, -0.2) is 4.98 Å². The number of benzene rings is 1. The fourth-order valence-corrected chi connectivity index (χ4v) is 5.74. The van der Waals surface area contributed by atoms with E-state index in [2.05, 4.69) is 15.3 Å². The second kappa shape index (κ2) is 9.31. The van der Waals surface area contributed by atoms with Gasteiger partial charge in [0.25, 0.3) is 5.56 Å². The third-order valence-corrected chi connectivity index (χ3v) is 7.35. The molecule has 4 aromatic rings. The number of thiophene rings is 1. The third kappa shape index (κ3) is 4.76. The lowest BCUT2D eigenvalue weighted by Crippen LogP contribution is -2.35. The zero-order valence-electron chi connectivity index (χ0n) is 18.3. The highest BCUT2D eigenvalue weighted by Crippen LogP contribution is 2.34. The molecule has 0 amide bonds. The molecule has 0 saturated carbocycles. The zero-order chi connectivity index (χ0) is 23.7. The molecule has 0 saturated heterocycles. The van der Waals surface area contributed by atoms with Crippen molar-refractivity contribution in [3.05, 3.63) is 92.6 Å². The maximum absolute atomic E-state index is 13.2. The predicted octanol–water partition coefficient (Wildman–Crippen LogP) is 4.61. The molecule has 0 bridgehead atoms. The van der Waals surface area contributed by atoms with Crippen LogP contribution in [0.2, 0.25) is 0 Å². The molecule has 1 aliphatic rings. The lowest BCUT2D eigenvalue weighted by atomic mass is 9.93. The van der Waals surface area contributed by atoms with Gasteiger partial charge in [-0.05, 0) is 54.7 Å². The number of hydrogen-bond acceptors (Lipinski definition) is 5. The molecule has 1 atom stereocenters. The van der Waals surface area contributed by atoms with E-state index >= 15 is 0 Å². The summed E-state index contributed by atoms with van der Waals surface area (Å²) in [6.07, 6.45) is 2.22. The van der Waals surface area contributed by atoms with E-state index in [1.54, 1.807) is 23.6 Å². The van der Waals surface area contributed by atoms with E-state index in [4.69, 9.17) is 0 Å². The first kappa shape index (κ1) is 22.7. The standard InChI is InChI=1S/C25H23F3N4OS/c26-25(27,28)17-5-3-4-16(12-17)14-32-15-31-23-22(24(32)33)20-8-7-19(13-21(20)34-23)30-11-9-18-6-1-2-10-29-18/h1-6,10,12,15,19,30H,7-9,11,13-14H2. The Balaban J connectivity index is 1.32. The van der Waals surface area contributed by atoms with Gasteiger partial charge in [-0.15, -0.1) is 11.3 Å². The van der Waals surface area contributed by atoms with E-state index in [0.29, 0.717) is 21.8 Å². The summed E-state index contributed by atoms with van der Waals surface area (Å²) >= 11 is 1.54. The highest BCUT2D eigenvalue weighted by molar-refractivity contribution is 7.18. The fraction of sp³-hybridized carbons (Fsp3) is 0.320. The SMILES string of the molecule is O=c1c2c3c(sc2ncn1Cc1cccc(C(F)(F)F)c1)CC(NCCc1ccccn1)CC3. The third-order valence-electron chi connectivity index (χ3n) is 6.18. The van der Waals surface area contributed by atoms with Crippen LogP contribution >= 0.6 is 11.3 Å². The van der Waals surface area contributed by atoms with Crippen LogP contribution in [0.4, 0.5) is 13.2 Å². The number of nitrogens with one attached hydrogen (secondary N) is 1. The van der Waals surface area contributed by atoms with Crippen LogP contribution in [0.25, 0.3) is 10.2 Å². The summed E-state index contributed by atoms with van der Waals surface area (Å²) < 4.78 is 40.6. The molecule has 5 rings (SSSR count). The Morgan fingerprint density at radius 2 is 2.03 bits per heavy atom. The molecular formula is C25H23F3N4OS. The van der Waals surface area contributed by atoms with Crippen molar-refractivity contribution in [3.8, 4) is 0 Å². The minimum atomic E-state index is -4.42. The van der Waals surface area contributed by atoms with Gasteiger partial charge in [0.05, 0.1) is 23.8 Å². The van der Waals surface area contributed by atoms with Gasteiger partial charge < -0.3 is 5.32 Å². The quantitative estimate of drug-likeness (QED) is 0.434. The van der Waals surface area contributed by atoms with Crippen LogP contribution in [0.5, 0.6) is 0 Å². The van der Waals surface area contributed by atoms with Gasteiger partial charge in [0.15, 0.2) is 0 Å². The number of halogens is 3. The molecule has 3 heterocycles. The second-order valence-corrected chi connectivity index (χ2v) is 9.61. The number of aromatic nitrogens is 3.